The Bertz CT molecular complexity index is 1940. The number of thioether (sulfide) groups is 1. The first-order chi connectivity index (χ1) is 24.5. The summed E-state index contributed by atoms with van der Waals surface area (Å²) in [6, 6.07) is 15.7. The number of aryl methyl sites for hydroxylation is 1. The molecular weight excluding hydrogens is 661 g/mol. The summed E-state index contributed by atoms with van der Waals surface area (Å²) in [5, 5.41) is 3.47. The van der Waals surface area contributed by atoms with Crippen molar-refractivity contribution in [2.75, 3.05) is 38.3 Å². The van der Waals surface area contributed by atoms with Crippen LogP contribution in [0.1, 0.15) is 70.5 Å². The number of hydrogen-bond donors (Lipinski definition) is 1. The zero-order valence-electron chi connectivity index (χ0n) is 29.9. The summed E-state index contributed by atoms with van der Waals surface area (Å²) in [5.41, 5.74) is 7.88. The standard InChI is InChI=1S/C41H46N4O5S/c1-25-11-30-19-42-35-16-32(7-8-33(35)39(46)44(30)21-25)49-23-28-13-27(9-10-41(3,4)51-6)14-29(15-28)24-50-38-18-36-34(17-37(38)48-5)40(47)45-22-26(2)12-31(45)20-43-36/h7-8,13-18,20,30-31,42H,1-2,9-12,19,21-24H2,3-6H3/t30-,31-/m0/s1. The van der Waals surface area contributed by atoms with Gasteiger partial charge in [0.25, 0.3) is 11.8 Å². The molecule has 4 heterocycles. The van der Waals surface area contributed by atoms with E-state index in [0.717, 1.165) is 53.6 Å². The first kappa shape index (κ1) is 34.7. The fraction of sp³-hybridized carbons (Fsp3) is 0.390. The predicted molar refractivity (Wildman–Crippen MR) is 204 cm³/mol. The lowest BCUT2D eigenvalue weighted by molar-refractivity contribution is 0.0750. The minimum absolute atomic E-state index is 0.0341. The number of rotatable bonds is 11. The van der Waals surface area contributed by atoms with Crippen LogP contribution in [0.2, 0.25) is 0 Å². The highest BCUT2D eigenvalue weighted by Gasteiger charge is 2.36. The average molecular weight is 707 g/mol. The van der Waals surface area contributed by atoms with Crippen LogP contribution in [0.4, 0.5) is 11.4 Å². The number of nitrogens with zero attached hydrogens (tertiary/aromatic N) is 3. The monoisotopic (exact) mass is 706 g/mol. The van der Waals surface area contributed by atoms with Crippen LogP contribution >= 0.6 is 11.8 Å². The fourth-order valence-corrected chi connectivity index (χ4v) is 7.56. The third-order valence-corrected chi connectivity index (χ3v) is 11.6. The lowest BCUT2D eigenvalue weighted by Crippen LogP contribution is -2.36. The molecule has 0 radical (unpaired) electrons. The third kappa shape index (κ3) is 7.38. The molecule has 2 amide bonds. The maximum absolute atomic E-state index is 13.4. The second-order valence-electron chi connectivity index (χ2n) is 14.6. The van der Waals surface area contributed by atoms with Crippen molar-refractivity contribution in [1.29, 1.82) is 0 Å². The highest BCUT2D eigenvalue weighted by atomic mass is 32.2. The molecule has 51 heavy (non-hydrogen) atoms. The second-order valence-corrected chi connectivity index (χ2v) is 16.1. The summed E-state index contributed by atoms with van der Waals surface area (Å²) in [5.74, 6) is 1.66. The van der Waals surface area contributed by atoms with Gasteiger partial charge in [-0.2, -0.15) is 11.8 Å². The zero-order valence-corrected chi connectivity index (χ0v) is 30.7. The van der Waals surface area contributed by atoms with E-state index in [9.17, 15) is 9.59 Å². The molecule has 266 valence electrons. The van der Waals surface area contributed by atoms with Gasteiger partial charge in [-0.05, 0) is 72.9 Å². The van der Waals surface area contributed by atoms with Crippen LogP contribution in [-0.2, 0) is 19.6 Å². The molecule has 9 nitrogen and oxygen atoms in total. The Balaban J connectivity index is 1.10. The van der Waals surface area contributed by atoms with Gasteiger partial charge in [0.2, 0.25) is 0 Å². The van der Waals surface area contributed by atoms with Gasteiger partial charge in [0, 0.05) is 42.7 Å². The Morgan fingerprint density at radius 3 is 2.35 bits per heavy atom. The molecule has 0 aromatic heterocycles. The molecule has 2 saturated heterocycles. The molecule has 0 aliphatic carbocycles. The van der Waals surface area contributed by atoms with E-state index in [1.54, 1.807) is 19.2 Å². The Morgan fingerprint density at radius 1 is 0.882 bits per heavy atom. The summed E-state index contributed by atoms with van der Waals surface area (Å²) in [6.45, 7) is 15.2. The van der Waals surface area contributed by atoms with Gasteiger partial charge in [0.1, 0.15) is 19.0 Å². The van der Waals surface area contributed by atoms with Crippen LogP contribution in [0.15, 0.2) is 77.8 Å². The summed E-state index contributed by atoms with van der Waals surface area (Å²) >= 11 is 1.87. The van der Waals surface area contributed by atoms with Crippen molar-refractivity contribution in [3.05, 3.63) is 101 Å². The average Bonchev–Trinajstić information content (AvgIpc) is 3.63. The predicted octanol–water partition coefficient (Wildman–Crippen LogP) is 7.61. The molecule has 0 unspecified atom stereocenters. The summed E-state index contributed by atoms with van der Waals surface area (Å²) < 4.78 is 18.6. The van der Waals surface area contributed by atoms with E-state index in [-0.39, 0.29) is 28.6 Å². The van der Waals surface area contributed by atoms with E-state index in [1.165, 1.54) is 5.56 Å². The minimum Gasteiger partial charge on any atom is -0.493 e. The number of benzene rings is 3. The fourth-order valence-electron chi connectivity index (χ4n) is 7.26. The van der Waals surface area contributed by atoms with E-state index in [0.29, 0.717) is 66.9 Å². The lowest BCUT2D eigenvalue weighted by atomic mass is 9.98. The van der Waals surface area contributed by atoms with Gasteiger partial charge in [-0.25, -0.2) is 0 Å². The highest BCUT2D eigenvalue weighted by Crippen LogP contribution is 2.39. The smallest absolute Gasteiger partial charge is 0.257 e. The van der Waals surface area contributed by atoms with Crippen LogP contribution in [-0.4, -0.2) is 77.7 Å². The van der Waals surface area contributed by atoms with Gasteiger partial charge in [0.15, 0.2) is 11.5 Å². The summed E-state index contributed by atoms with van der Waals surface area (Å²) in [7, 11) is 1.58. The molecule has 1 N–H and O–H groups in total. The van der Waals surface area contributed by atoms with Crippen molar-refractivity contribution >= 4 is 41.2 Å². The topological polar surface area (TPSA) is 92.7 Å². The van der Waals surface area contributed by atoms with Crippen LogP contribution in [0.5, 0.6) is 17.2 Å². The van der Waals surface area contributed by atoms with Crippen molar-refractivity contribution < 1.29 is 23.8 Å². The number of anilines is 1. The van der Waals surface area contributed by atoms with E-state index < -0.39 is 0 Å². The number of carbonyl (C=O) groups excluding carboxylic acids is 2. The Morgan fingerprint density at radius 2 is 1.59 bits per heavy atom. The van der Waals surface area contributed by atoms with Crippen molar-refractivity contribution in [2.45, 2.75) is 69.6 Å². The SMILES string of the molecule is C=C1C[C@H]2CNc3cc(OCc4cc(CCC(C)(C)SC)cc(COc5cc6c(cc5OC)C(=O)N5CC(=C)C[C@H]5C=N6)c4)ccc3C(=O)N2C1. The number of nitrogens with one attached hydrogen (secondary N) is 1. The molecule has 10 heteroatoms. The van der Waals surface area contributed by atoms with Gasteiger partial charge in [-0.15, -0.1) is 0 Å². The molecule has 4 aliphatic heterocycles. The second kappa shape index (κ2) is 14.1. The molecule has 3 aromatic rings. The Kier molecular flexibility index (Phi) is 9.63. The maximum Gasteiger partial charge on any atom is 0.257 e. The third-order valence-electron chi connectivity index (χ3n) is 10.3. The largest absolute Gasteiger partial charge is 0.493 e. The van der Waals surface area contributed by atoms with Crippen molar-refractivity contribution in [2.24, 2.45) is 4.99 Å². The number of fused-ring (bicyclic) bond motifs is 4. The highest BCUT2D eigenvalue weighted by molar-refractivity contribution is 7.99. The quantitative estimate of drug-likeness (QED) is 0.205. The maximum atomic E-state index is 13.4. The van der Waals surface area contributed by atoms with Crippen LogP contribution in [0.3, 0.4) is 0 Å². The summed E-state index contributed by atoms with van der Waals surface area (Å²) in [4.78, 5) is 35.2. The molecule has 2 fully saturated rings. The molecule has 3 aromatic carbocycles. The normalized spacial score (nSPS) is 19.5. The van der Waals surface area contributed by atoms with Gasteiger partial charge in [0.05, 0.1) is 41.7 Å². The first-order valence-electron chi connectivity index (χ1n) is 17.5. The number of ether oxygens (including phenoxy) is 3. The van der Waals surface area contributed by atoms with Gasteiger partial charge >= 0.3 is 0 Å². The Labute approximate surface area is 304 Å². The van der Waals surface area contributed by atoms with Crippen LogP contribution in [0, 0.1) is 0 Å². The van der Waals surface area contributed by atoms with E-state index >= 15 is 0 Å². The van der Waals surface area contributed by atoms with Crippen LogP contribution in [0.25, 0.3) is 0 Å². The van der Waals surface area contributed by atoms with E-state index in [4.69, 9.17) is 14.2 Å². The van der Waals surface area contributed by atoms with Gasteiger partial charge in [-0.1, -0.05) is 50.3 Å². The zero-order chi connectivity index (χ0) is 35.9. The molecular formula is C41H46N4O5S. The van der Waals surface area contributed by atoms with Crippen molar-refractivity contribution in [3.63, 3.8) is 0 Å². The van der Waals surface area contributed by atoms with E-state index in [1.807, 2.05) is 46.0 Å². The minimum atomic E-state index is -0.0876. The van der Waals surface area contributed by atoms with Crippen molar-refractivity contribution in [3.8, 4) is 17.2 Å². The first-order valence-corrected chi connectivity index (χ1v) is 18.7. The number of aliphatic imine (C=N–C) groups is 1. The number of carbonyl (C=O) groups is 2. The van der Waals surface area contributed by atoms with Crippen molar-refractivity contribution in [1.82, 2.24) is 9.80 Å². The van der Waals surface area contributed by atoms with Crippen LogP contribution < -0.4 is 19.5 Å². The molecule has 7 rings (SSSR count). The number of amides is 2. The molecule has 0 spiro atoms. The lowest BCUT2D eigenvalue weighted by Gasteiger charge is -2.22. The van der Waals surface area contributed by atoms with Gasteiger partial charge < -0.3 is 29.3 Å². The molecule has 4 aliphatic rings. The van der Waals surface area contributed by atoms with Gasteiger partial charge in [-0.3, -0.25) is 14.6 Å². The summed E-state index contributed by atoms with van der Waals surface area (Å²) in [6.07, 6.45) is 7.47. The molecule has 0 bridgehead atoms. The number of hydrogen-bond acceptors (Lipinski definition) is 8. The van der Waals surface area contributed by atoms with E-state index in [2.05, 4.69) is 61.8 Å². The molecule has 0 saturated carbocycles. The Hall–Kier alpha value is -4.70. The molecule has 2 atom stereocenters. The number of methoxy groups -OCH3 is 1.